The van der Waals surface area contributed by atoms with Crippen molar-refractivity contribution >= 4 is 18.4 Å². The Kier molecular flexibility index (Phi) is 6.84. The fourth-order valence-corrected chi connectivity index (χ4v) is 3.81. The molecule has 3 aromatic rings. The number of ether oxygens (including phenoxy) is 1. The molecule has 0 unspecified atom stereocenters. The van der Waals surface area contributed by atoms with Crippen molar-refractivity contribution in [2.24, 2.45) is 0 Å². The minimum Gasteiger partial charge on any atom is -0.372 e. The molecule has 1 saturated heterocycles. The number of aromatic nitrogens is 3. The number of hydrogen-bond acceptors (Lipinski definition) is 6. The van der Waals surface area contributed by atoms with Crippen molar-refractivity contribution in [1.82, 2.24) is 15.0 Å². The van der Waals surface area contributed by atoms with E-state index in [2.05, 4.69) is 20.9 Å². The first kappa shape index (κ1) is 22.6. The van der Waals surface area contributed by atoms with E-state index in [9.17, 15) is 9.65 Å². The molecule has 0 aliphatic carbocycles. The zero-order valence-electron chi connectivity index (χ0n) is 17.5. The summed E-state index contributed by atoms with van der Waals surface area (Å²) in [6, 6.07) is 10.1. The van der Waals surface area contributed by atoms with E-state index in [1.54, 1.807) is 12.4 Å². The summed E-state index contributed by atoms with van der Waals surface area (Å²) in [7, 11) is 0. The molecular weight excluding hydrogens is 417 g/mol. The van der Waals surface area contributed by atoms with Crippen LogP contribution >= 0.6 is 12.4 Å². The molecule has 0 saturated carbocycles. The van der Waals surface area contributed by atoms with Crippen molar-refractivity contribution in [1.29, 1.82) is 5.26 Å². The van der Waals surface area contributed by atoms with Crippen molar-refractivity contribution in [3.8, 4) is 28.5 Å². The van der Waals surface area contributed by atoms with Gasteiger partial charge in [0.2, 0.25) is 5.95 Å². The molecular formula is C23H23ClFN5O. The van der Waals surface area contributed by atoms with Crippen molar-refractivity contribution in [2.45, 2.75) is 33.0 Å². The van der Waals surface area contributed by atoms with E-state index >= 15 is 0 Å². The maximum Gasteiger partial charge on any atom is 0.226 e. The highest BCUT2D eigenvalue weighted by atomic mass is 35.5. The third kappa shape index (κ3) is 4.82. The van der Waals surface area contributed by atoms with Gasteiger partial charge in [-0.3, -0.25) is 4.98 Å². The van der Waals surface area contributed by atoms with Gasteiger partial charge in [-0.25, -0.2) is 14.4 Å². The first-order valence-electron chi connectivity index (χ1n) is 9.85. The number of anilines is 1. The van der Waals surface area contributed by atoms with Crippen LogP contribution in [0.3, 0.4) is 0 Å². The number of halogens is 2. The van der Waals surface area contributed by atoms with Crippen molar-refractivity contribution in [3.05, 3.63) is 59.8 Å². The molecule has 1 fully saturated rings. The lowest BCUT2D eigenvalue weighted by Crippen LogP contribution is -2.46. The summed E-state index contributed by atoms with van der Waals surface area (Å²) >= 11 is 0. The topological polar surface area (TPSA) is 74.9 Å². The molecule has 160 valence electrons. The fourth-order valence-electron chi connectivity index (χ4n) is 3.81. The Balaban J connectivity index is 0.00000272. The SMILES string of the molecule is Cc1cc(-c2cnc(N3C[C@@H](C)O[C@@H](C)C3)nc2-c2cc(F)ccc2C#N)ccn1.Cl. The zero-order chi connectivity index (χ0) is 21.3. The summed E-state index contributed by atoms with van der Waals surface area (Å²) in [5, 5.41) is 9.61. The largest absolute Gasteiger partial charge is 0.372 e. The monoisotopic (exact) mass is 439 g/mol. The van der Waals surface area contributed by atoms with E-state index in [1.165, 1.54) is 18.2 Å². The summed E-state index contributed by atoms with van der Waals surface area (Å²) in [6.07, 6.45) is 3.55. The van der Waals surface area contributed by atoms with Gasteiger partial charge in [-0.1, -0.05) is 0 Å². The van der Waals surface area contributed by atoms with Crippen LogP contribution in [0.15, 0.2) is 42.7 Å². The number of aryl methyl sites for hydroxylation is 1. The maximum atomic E-state index is 14.1. The van der Waals surface area contributed by atoms with E-state index in [0.717, 1.165) is 16.8 Å². The molecule has 0 spiro atoms. The van der Waals surface area contributed by atoms with Gasteiger partial charge in [0.25, 0.3) is 0 Å². The minimum atomic E-state index is -0.422. The molecule has 0 bridgehead atoms. The van der Waals surface area contributed by atoms with Crippen LogP contribution in [0.5, 0.6) is 0 Å². The molecule has 1 aliphatic heterocycles. The zero-order valence-corrected chi connectivity index (χ0v) is 18.4. The lowest BCUT2D eigenvalue weighted by molar-refractivity contribution is -0.00571. The quantitative estimate of drug-likeness (QED) is 0.595. The summed E-state index contributed by atoms with van der Waals surface area (Å²) in [4.78, 5) is 15.7. The second-order valence-electron chi connectivity index (χ2n) is 7.58. The van der Waals surface area contributed by atoms with Gasteiger partial charge in [0, 0.05) is 42.3 Å². The summed E-state index contributed by atoms with van der Waals surface area (Å²) in [5.41, 5.74) is 3.75. The Morgan fingerprint density at radius 2 is 1.84 bits per heavy atom. The van der Waals surface area contributed by atoms with Gasteiger partial charge in [-0.15, -0.1) is 12.4 Å². The van der Waals surface area contributed by atoms with Gasteiger partial charge in [-0.05, 0) is 56.7 Å². The van der Waals surface area contributed by atoms with E-state index in [4.69, 9.17) is 9.72 Å². The van der Waals surface area contributed by atoms with Crippen molar-refractivity contribution in [3.63, 3.8) is 0 Å². The van der Waals surface area contributed by atoms with E-state index in [0.29, 0.717) is 35.9 Å². The molecule has 1 aliphatic rings. The molecule has 4 rings (SSSR count). The first-order chi connectivity index (χ1) is 14.4. The number of pyridine rings is 1. The normalized spacial score (nSPS) is 18.2. The predicted molar refractivity (Wildman–Crippen MR) is 120 cm³/mol. The second-order valence-corrected chi connectivity index (χ2v) is 7.58. The highest BCUT2D eigenvalue weighted by molar-refractivity contribution is 5.85. The Morgan fingerprint density at radius 1 is 1.10 bits per heavy atom. The number of benzene rings is 1. The fraction of sp³-hybridized carbons (Fsp3) is 0.304. The molecule has 31 heavy (non-hydrogen) atoms. The molecule has 1 aromatic carbocycles. The standard InChI is InChI=1S/C23H22FN5O.ClH/c1-14-8-17(6-7-26-14)21-11-27-23(29-12-15(2)30-16(3)13-29)28-22(21)20-9-19(24)5-4-18(20)10-25;/h4-9,11,15-16H,12-13H2,1-3H3;1H/t15-,16+;. The molecule has 6 nitrogen and oxygen atoms in total. The summed E-state index contributed by atoms with van der Waals surface area (Å²) < 4.78 is 19.9. The molecule has 0 radical (unpaired) electrons. The lowest BCUT2D eigenvalue weighted by atomic mass is 9.97. The minimum absolute atomic E-state index is 0. The highest BCUT2D eigenvalue weighted by Crippen LogP contribution is 2.34. The van der Waals surface area contributed by atoms with Crippen LogP contribution in [-0.4, -0.2) is 40.2 Å². The average molecular weight is 440 g/mol. The molecule has 3 heterocycles. The number of morpholine rings is 1. The third-order valence-corrected chi connectivity index (χ3v) is 5.04. The number of nitrogens with zero attached hydrogens (tertiary/aromatic N) is 5. The molecule has 2 aromatic heterocycles. The van der Waals surface area contributed by atoms with Gasteiger partial charge in [0.05, 0.1) is 29.5 Å². The van der Waals surface area contributed by atoms with Gasteiger partial charge in [0.15, 0.2) is 0 Å². The van der Waals surface area contributed by atoms with Crippen molar-refractivity contribution < 1.29 is 9.13 Å². The van der Waals surface area contributed by atoms with Gasteiger partial charge >= 0.3 is 0 Å². The van der Waals surface area contributed by atoms with Gasteiger partial charge in [0.1, 0.15) is 5.82 Å². The summed E-state index contributed by atoms with van der Waals surface area (Å²) in [5.74, 6) is 0.115. The van der Waals surface area contributed by atoms with Crippen LogP contribution in [-0.2, 0) is 4.74 Å². The Bertz CT molecular complexity index is 1120. The van der Waals surface area contributed by atoms with Crippen LogP contribution < -0.4 is 4.90 Å². The summed E-state index contributed by atoms with van der Waals surface area (Å²) in [6.45, 7) is 7.24. The van der Waals surface area contributed by atoms with Gasteiger partial charge < -0.3 is 9.64 Å². The average Bonchev–Trinajstić information content (AvgIpc) is 2.72. The highest BCUT2D eigenvalue weighted by Gasteiger charge is 2.25. The van der Waals surface area contributed by atoms with E-state index < -0.39 is 5.82 Å². The van der Waals surface area contributed by atoms with Crippen LogP contribution in [0.4, 0.5) is 10.3 Å². The van der Waals surface area contributed by atoms with Crippen molar-refractivity contribution in [2.75, 3.05) is 18.0 Å². The molecule has 2 atom stereocenters. The van der Waals surface area contributed by atoms with Crippen LogP contribution in [0.2, 0.25) is 0 Å². The smallest absolute Gasteiger partial charge is 0.226 e. The molecule has 0 amide bonds. The number of rotatable bonds is 3. The Morgan fingerprint density at radius 3 is 2.52 bits per heavy atom. The van der Waals surface area contributed by atoms with Crippen LogP contribution in [0, 0.1) is 24.1 Å². The van der Waals surface area contributed by atoms with Crippen LogP contribution in [0.25, 0.3) is 22.4 Å². The molecule has 8 heteroatoms. The third-order valence-electron chi connectivity index (χ3n) is 5.04. The Hall–Kier alpha value is -3.08. The second kappa shape index (κ2) is 9.38. The van der Waals surface area contributed by atoms with Crippen LogP contribution in [0.1, 0.15) is 25.1 Å². The van der Waals surface area contributed by atoms with E-state index in [-0.39, 0.29) is 24.6 Å². The van der Waals surface area contributed by atoms with Gasteiger partial charge in [-0.2, -0.15) is 5.26 Å². The Labute approximate surface area is 187 Å². The number of hydrogen-bond donors (Lipinski definition) is 0. The van der Waals surface area contributed by atoms with E-state index in [1.807, 2.05) is 32.9 Å². The molecule has 0 N–H and O–H groups in total. The maximum absolute atomic E-state index is 14.1. The number of nitriles is 1. The predicted octanol–water partition coefficient (Wildman–Crippen LogP) is 4.56. The first-order valence-corrected chi connectivity index (χ1v) is 9.85. The lowest BCUT2D eigenvalue weighted by Gasteiger charge is -2.35.